The zero-order valence-electron chi connectivity index (χ0n) is 20.3. The molecule has 1 fully saturated rings. The lowest BCUT2D eigenvalue weighted by atomic mass is 9.85. The highest BCUT2D eigenvalue weighted by Gasteiger charge is 2.28. The minimum Gasteiger partial charge on any atom is -0.328 e. The van der Waals surface area contributed by atoms with E-state index < -0.39 is 11.2 Å². The van der Waals surface area contributed by atoms with Crippen LogP contribution in [0.1, 0.15) is 55.9 Å². The van der Waals surface area contributed by atoms with Crippen LogP contribution in [-0.2, 0) is 20.1 Å². The van der Waals surface area contributed by atoms with E-state index in [1.165, 1.54) is 9.13 Å². The molecule has 2 atom stereocenters. The van der Waals surface area contributed by atoms with Crippen molar-refractivity contribution in [1.82, 2.24) is 28.7 Å². The number of fused-ring (bicyclic) bond motifs is 2. The standard InChI is InChI=1S/C26H29N7O2/c1-4-5-13-32-22-24(30-23(32)17-9-8-10-18(27)14-17)31(3)26(35)33(25(22)34)15-21-28-16(2)19-11-6-7-12-20(19)29-21/h6-7,11-12,17-18H,8-10,13-15,27H2,1-3H3/t17?,18-/m1/s1. The molecule has 0 radical (unpaired) electrons. The smallest absolute Gasteiger partial charge is 0.328 e. The van der Waals surface area contributed by atoms with Crippen LogP contribution in [0.5, 0.6) is 0 Å². The molecule has 1 saturated carbocycles. The molecule has 0 bridgehead atoms. The van der Waals surface area contributed by atoms with Gasteiger partial charge in [0.2, 0.25) is 0 Å². The normalized spacial score (nSPS) is 18.1. The Balaban J connectivity index is 1.69. The maximum Gasteiger partial charge on any atom is 0.332 e. The second-order valence-electron chi connectivity index (χ2n) is 9.25. The first-order valence-corrected chi connectivity index (χ1v) is 12.0. The molecule has 9 nitrogen and oxygen atoms in total. The van der Waals surface area contributed by atoms with Crippen LogP contribution in [0.25, 0.3) is 22.1 Å². The second kappa shape index (κ2) is 9.12. The van der Waals surface area contributed by atoms with Crippen LogP contribution >= 0.6 is 0 Å². The van der Waals surface area contributed by atoms with Crippen molar-refractivity contribution in [3.63, 3.8) is 0 Å². The zero-order valence-corrected chi connectivity index (χ0v) is 20.3. The largest absolute Gasteiger partial charge is 0.332 e. The average Bonchev–Trinajstić information content (AvgIpc) is 3.24. The average molecular weight is 472 g/mol. The summed E-state index contributed by atoms with van der Waals surface area (Å²) in [5, 5.41) is 0.943. The van der Waals surface area contributed by atoms with Gasteiger partial charge in [-0.1, -0.05) is 30.5 Å². The highest BCUT2D eigenvalue weighted by atomic mass is 16.2. The van der Waals surface area contributed by atoms with Crippen LogP contribution in [-0.4, -0.2) is 34.7 Å². The predicted molar refractivity (Wildman–Crippen MR) is 135 cm³/mol. The quantitative estimate of drug-likeness (QED) is 0.457. The van der Waals surface area contributed by atoms with Gasteiger partial charge in [-0.15, -0.1) is 5.92 Å². The van der Waals surface area contributed by atoms with Crippen molar-refractivity contribution in [1.29, 1.82) is 0 Å². The predicted octanol–water partition coefficient (Wildman–Crippen LogP) is 2.20. The molecule has 180 valence electrons. The first-order valence-electron chi connectivity index (χ1n) is 12.0. The van der Waals surface area contributed by atoms with E-state index in [1.54, 1.807) is 14.0 Å². The molecule has 1 aliphatic carbocycles. The summed E-state index contributed by atoms with van der Waals surface area (Å²) in [6, 6.07) is 7.80. The number of hydrogen-bond donors (Lipinski definition) is 1. The summed E-state index contributed by atoms with van der Waals surface area (Å²) in [6.45, 7) is 3.97. The zero-order chi connectivity index (χ0) is 24.7. The van der Waals surface area contributed by atoms with E-state index in [-0.39, 0.29) is 18.5 Å². The Bertz CT molecular complexity index is 1620. The molecule has 2 N–H and O–H groups in total. The van der Waals surface area contributed by atoms with Crippen LogP contribution in [0, 0.1) is 18.8 Å². The van der Waals surface area contributed by atoms with Gasteiger partial charge in [0, 0.05) is 30.1 Å². The Morgan fingerprint density at radius 2 is 1.91 bits per heavy atom. The fourth-order valence-corrected chi connectivity index (χ4v) is 5.13. The molecule has 3 heterocycles. The number of rotatable bonds is 4. The molecule has 5 rings (SSSR count). The van der Waals surface area contributed by atoms with Gasteiger partial charge in [0.25, 0.3) is 5.56 Å². The Hall–Kier alpha value is -3.77. The van der Waals surface area contributed by atoms with Gasteiger partial charge in [0.1, 0.15) is 11.6 Å². The van der Waals surface area contributed by atoms with Gasteiger partial charge in [0.15, 0.2) is 11.2 Å². The monoisotopic (exact) mass is 471 g/mol. The molecule has 9 heteroatoms. The number of nitrogens with two attached hydrogens (primary N) is 1. The summed E-state index contributed by atoms with van der Waals surface area (Å²) < 4.78 is 4.51. The topological polar surface area (TPSA) is 114 Å². The highest BCUT2D eigenvalue weighted by molar-refractivity contribution is 5.80. The van der Waals surface area contributed by atoms with Crippen molar-refractivity contribution in [3.8, 4) is 11.8 Å². The number of aromatic nitrogens is 6. The number of hydrogen-bond acceptors (Lipinski definition) is 6. The van der Waals surface area contributed by atoms with E-state index in [1.807, 2.05) is 35.8 Å². The fourth-order valence-electron chi connectivity index (χ4n) is 5.13. The lowest BCUT2D eigenvalue weighted by Crippen LogP contribution is -2.40. The van der Waals surface area contributed by atoms with Crippen molar-refractivity contribution in [2.45, 2.75) is 64.6 Å². The Morgan fingerprint density at radius 3 is 2.69 bits per heavy atom. The molecule has 0 saturated heterocycles. The van der Waals surface area contributed by atoms with E-state index in [4.69, 9.17) is 10.7 Å². The van der Waals surface area contributed by atoms with Gasteiger partial charge in [-0.3, -0.25) is 13.9 Å². The Morgan fingerprint density at radius 1 is 1.11 bits per heavy atom. The highest BCUT2D eigenvalue weighted by Crippen LogP contribution is 2.32. The van der Waals surface area contributed by atoms with Crippen LogP contribution in [0.3, 0.4) is 0 Å². The summed E-state index contributed by atoms with van der Waals surface area (Å²) in [7, 11) is 1.65. The van der Waals surface area contributed by atoms with E-state index in [0.717, 1.165) is 48.1 Å². The maximum absolute atomic E-state index is 13.8. The maximum atomic E-state index is 13.8. The molecule has 0 amide bonds. The first-order chi connectivity index (χ1) is 16.9. The van der Waals surface area contributed by atoms with E-state index in [0.29, 0.717) is 23.5 Å². The van der Waals surface area contributed by atoms with Gasteiger partial charge >= 0.3 is 5.69 Å². The molecular formula is C26H29N7O2. The van der Waals surface area contributed by atoms with Gasteiger partial charge in [0.05, 0.1) is 18.6 Å². The minimum absolute atomic E-state index is 0.0264. The van der Waals surface area contributed by atoms with E-state index in [9.17, 15) is 9.59 Å². The van der Waals surface area contributed by atoms with Crippen LogP contribution in [0.4, 0.5) is 0 Å². The van der Waals surface area contributed by atoms with Crippen molar-refractivity contribution >= 4 is 22.1 Å². The summed E-state index contributed by atoms with van der Waals surface area (Å²) in [5.41, 5.74) is 7.73. The fraction of sp³-hybridized carbons (Fsp3) is 0.423. The van der Waals surface area contributed by atoms with Gasteiger partial charge in [-0.25, -0.2) is 19.7 Å². The first kappa shape index (κ1) is 23.0. The van der Waals surface area contributed by atoms with E-state index >= 15 is 0 Å². The van der Waals surface area contributed by atoms with Gasteiger partial charge in [-0.2, -0.15) is 0 Å². The lowest BCUT2D eigenvalue weighted by molar-refractivity contribution is 0.376. The molecular weight excluding hydrogens is 442 g/mol. The molecule has 3 aromatic heterocycles. The third kappa shape index (κ3) is 4.04. The van der Waals surface area contributed by atoms with E-state index in [2.05, 4.69) is 21.8 Å². The molecule has 1 aromatic carbocycles. The summed E-state index contributed by atoms with van der Waals surface area (Å²) in [6.07, 6.45) is 3.75. The van der Waals surface area contributed by atoms with Crippen molar-refractivity contribution < 1.29 is 0 Å². The van der Waals surface area contributed by atoms with Crippen molar-refractivity contribution in [3.05, 3.63) is 62.4 Å². The number of nitrogens with zero attached hydrogens (tertiary/aromatic N) is 6. The molecule has 0 aliphatic heterocycles. The molecule has 4 aromatic rings. The number of aryl methyl sites for hydroxylation is 2. The number of benzene rings is 1. The lowest BCUT2D eigenvalue weighted by Gasteiger charge is -2.26. The third-order valence-corrected chi connectivity index (χ3v) is 6.90. The molecule has 1 unspecified atom stereocenters. The van der Waals surface area contributed by atoms with Crippen molar-refractivity contribution in [2.75, 3.05) is 0 Å². The summed E-state index contributed by atoms with van der Waals surface area (Å²) in [4.78, 5) is 41.0. The Labute approximate surface area is 202 Å². The van der Waals surface area contributed by atoms with Crippen LogP contribution in [0.15, 0.2) is 33.9 Å². The van der Waals surface area contributed by atoms with Gasteiger partial charge in [-0.05, 0) is 39.2 Å². The second-order valence-corrected chi connectivity index (χ2v) is 9.25. The summed E-state index contributed by atoms with van der Waals surface area (Å²) >= 11 is 0. The Kier molecular flexibility index (Phi) is 5.99. The molecule has 35 heavy (non-hydrogen) atoms. The number of para-hydroxylation sites is 1. The molecule has 0 spiro atoms. The molecule has 1 aliphatic rings. The third-order valence-electron chi connectivity index (χ3n) is 6.90. The summed E-state index contributed by atoms with van der Waals surface area (Å²) in [5.74, 6) is 7.30. The van der Waals surface area contributed by atoms with Crippen LogP contribution in [0.2, 0.25) is 0 Å². The van der Waals surface area contributed by atoms with Crippen molar-refractivity contribution in [2.24, 2.45) is 12.8 Å². The van der Waals surface area contributed by atoms with Crippen LogP contribution < -0.4 is 17.0 Å². The van der Waals surface area contributed by atoms with Gasteiger partial charge < -0.3 is 10.3 Å². The minimum atomic E-state index is -0.449. The number of imidazole rings is 1. The SMILES string of the molecule is CC#CCn1c(C2CCC[C@@H](N)C2)nc2c1c(=O)n(Cc1nc(C)c3ccccc3n1)c(=O)n2C.